The smallest absolute Gasteiger partial charge is 0.337 e. The molecule has 2 aromatic rings. The average molecular weight is 486 g/mol. The van der Waals surface area contributed by atoms with Crippen molar-refractivity contribution >= 4 is 28.4 Å². The highest BCUT2D eigenvalue weighted by Gasteiger charge is 2.23. The van der Waals surface area contributed by atoms with Crippen LogP contribution in [-0.4, -0.2) is 52.6 Å². The number of methoxy groups -OCH3 is 1. The third-order valence-electron chi connectivity index (χ3n) is 5.44. The summed E-state index contributed by atoms with van der Waals surface area (Å²) in [6.45, 7) is 5.99. The number of nitrogens with zero attached hydrogens (tertiary/aromatic N) is 1. The Morgan fingerprint density at radius 3 is 2.59 bits per heavy atom. The molecule has 0 aromatic heterocycles. The molecule has 7 nitrogen and oxygen atoms in total. The number of rotatable bonds is 8. The van der Waals surface area contributed by atoms with Crippen molar-refractivity contribution in [1.29, 1.82) is 0 Å². The largest absolute Gasteiger partial charge is 0.465 e. The zero-order valence-electron chi connectivity index (χ0n) is 18.1. The standard InChI is InChI=1S/C22H28FN3O4S.ClH/c1-16(18-5-3-4-17(12-18)15-26-10-8-24-9-11-26)31(28,29)25-14-20-7-6-19(13-21(20)23)22(27)30-2;/h3-7,12-13,16,24-25H,8-11,14-15H2,1-2H3;1H. The molecular formula is C22H29ClFN3O4S. The first-order chi connectivity index (χ1) is 14.8. The van der Waals surface area contributed by atoms with Gasteiger partial charge in [0.05, 0.1) is 17.9 Å². The molecule has 2 aromatic carbocycles. The van der Waals surface area contributed by atoms with Crippen molar-refractivity contribution in [2.24, 2.45) is 0 Å². The van der Waals surface area contributed by atoms with E-state index in [0.29, 0.717) is 5.56 Å². The van der Waals surface area contributed by atoms with Gasteiger partial charge in [-0.1, -0.05) is 30.3 Å². The van der Waals surface area contributed by atoms with E-state index in [-0.39, 0.29) is 30.1 Å². The van der Waals surface area contributed by atoms with Crippen LogP contribution < -0.4 is 10.0 Å². The summed E-state index contributed by atoms with van der Waals surface area (Å²) in [5.74, 6) is -1.32. The van der Waals surface area contributed by atoms with E-state index in [1.165, 1.54) is 19.2 Å². The van der Waals surface area contributed by atoms with Gasteiger partial charge in [0.1, 0.15) is 5.82 Å². The Labute approximate surface area is 194 Å². The van der Waals surface area contributed by atoms with E-state index >= 15 is 0 Å². The van der Waals surface area contributed by atoms with Gasteiger partial charge in [0.15, 0.2) is 0 Å². The molecule has 0 spiro atoms. The summed E-state index contributed by atoms with van der Waals surface area (Å²) >= 11 is 0. The summed E-state index contributed by atoms with van der Waals surface area (Å²) in [6.07, 6.45) is 0. The number of halogens is 2. The molecule has 1 unspecified atom stereocenters. The molecule has 1 fully saturated rings. The molecule has 0 bridgehead atoms. The Kier molecular flexibility index (Phi) is 9.60. The predicted molar refractivity (Wildman–Crippen MR) is 124 cm³/mol. The number of carbonyl (C=O) groups excluding carboxylic acids is 1. The van der Waals surface area contributed by atoms with Crippen molar-refractivity contribution in [3.05, 3.63) is 70.5 Å². The topological polar surface area (TPSA) is 87.7 Å². The van der Waals surface area contributed by atoms with Gasteiger partial charge in [-0.25, -0.2) is 22.3 Å². The number of sulfonamides is 1. The van der Waals surface area contributed by atoms with Crippen LogP contribution in [0.2, 0.25) is 0 Å². The molecule has 0 radical (unpaired) electrons. The quantitative estimate of drug-likeness (QED) is 0.559. The summed E-state index contributed by atoms with van der Waals surface area (Å²) in [7, 11) is -2.53. The third-order valence-corrected chi connectivity index (χ3v) is 7.19. The second kappa shape index (κ2) is 11.7. The van der Waals surface area contributed by atoms with Crippen LogP contribution in [-0.2, 0) is 27.8 Å². The third kappa shape index (κ3) is 6.73. The lowest BCUT2D eigenvalue weighted by Gasteiger charge is -2.27. The van der Waals surface area contributed by atoms with Crippen molar-refractivity contribution in [1.82, 2.24) is 14.9 Å². The lowest BCUT2D eigenvalue weighted by atomic mass is 10.1. The Bertz CT molecular complexity index is 1030. The van der Waals surface area contributed by atoms with Crippen molar-refractivity contribution in [2.75, 3.05) is 33.3 Å². The molecule has 0 aliphatic carbocycles. The fourth-order valence-corrected chi connectivity index (χ4v) is 4.60. The highest BCUT2D eigenvalue weighted by Crippen LogP contribution is 2.23. The van der Waals surface area contributed by atoms with Crippen LogP contribution in [0, 0.1) is 5.82 Å². The fraction of sp³-hybridized carbons (Fsp3) is 0.409. The molecule has 1 aliphatic heterocycles. The maximum atomic E-state index is 14.3. The number of nitrogens with one attached hydrogen (secondary N) is 2. The highest BCUT2D eigenvalue weighted by molar-refractivity contribution is 7.89. The molecule has 10 heteroatoms. The lowest BCUT2D eigenvalue weighted by molar-refractivity contribution is 0.0600. The van der Waals surface area contributed by atoms with Crippen LogP contribution in [0.3, 0.4) is 0 Å². The van der Waals surface area contributed by atoms with E-state index in [1.807, 2.05) is 18.2 Å². The van der Waals surface area contributed by atoms with Gasteiger partial charge in [0, 0.05) is 44.8 Å². The first-order valence-electron chi connectivity index (χ1n) is 10.2. The van der Waals surface area contributed by atoms with Gasteiger partial charge in [-0.15, -0.1) is 12.4 Å². The van der Waals surface area contributed by atoms with Gasteiger partial charge < -0.3 is 10.1 Å². The molecule has 2 N–H and O–H groups in total. The molecule has 1 atom stereocenters. The molecule has 0 amide bonds. The molecule has 3 rings (SSSR count). The summed E-state index contributed by atoms with van der Waals surface area (Å²) in [6, 6.07) is 11.4. The van der Waals surface area contributed by atoms with Gasteiger partial charge in [-0.3, -0.25) is 4.90 Å². The highest BCUT2D eigenvalue weighted by atomic mass is 35.5. The number of esters is 1. The minimum absolute atomic E-state index is 0. The molecule has 176 valence electrons. The fourth-order valence-electron chi connectivity index (χ4n) is 3.49. The van der Waals surface area contributed by atoms with Crippen LogP contribution in [0.5, 0.6) is 0 Å². The van der Waals surface area contributed by atoms with Gasteiger partial charge >= 0.3 is 5.97 Å². The van der Waals surface area contributed by atoms with E-state index in [9.17, 15) is 17.6 Å². The zero-order chi connectivity index (χ0) is 22.4. The van der Waals surface area contributed by atoms with Crippen LogP contribution in [0.4, 0.5) is 4.39 Å². The molecule has 32 heavy (non-hydrogen) atoms. The molecule has 1 saturated heterocycles. The minimum Gasteiger partial charge on any atom is -0.465 e. The molecular weight excluding hydrogens is 457 g/mol. The van der Waals surface area contributed by atoms with Crippen molar-refractivity contribution in [2.45, 2.75) is 25.3 Å². The van der Waals surface area contributed by atoms with Crippen LogP contribution in [0.25, 0.3) is 0 Å². The normalized spacial score (nSPS) is 15.6. The van der Waals surface area contributed by atoms with Crippen molar-refractivity contribution in [3.8, 4) is 0 Å². The monoisotopic (exact) mass is 485 g/mol. The Balaban J connectivity index is 0.00000363. The Hall–Kier alpha value is -2.04. The zero-order valence-corrected chi connectivity index (χ0v) is 19.8. The van der Waals surface area contributed by atoms with Gasteiger partial charge in [0.25, 0.3) is 0 Å². The number of hydrogen-bond donors (Lipinski definition) is 2. The van der Waals surface area contributed by atoms with E-state index < -0.39 is 27.1 Å². The number of piperazine rings is 1. The summed E-state index contributed by atoms with van der Waals surface area (Å²) in [4.78, 5) is 13.8. The van der Waals surface area contributed by atoms with Gasteiger partial charge in [0.2, 0.25) is 10.0 Å². The second-order valence-corrected chi connectivity index (χ2v) is 9.66. The van der Waals surface area contributed by atoms with Crippen LogP contribution in [0.1, 0.15) is 39.2 Å². The van der Waals surface area contributed by atoms with E-state index in [1.54, 1.807) is 13.0 Å². The first-order valence-corrected chi connectivity index (χ1v) is 11.7. The maximum absolute atomic E-state index is 14.3. The maximum Gasteiger partial charge on any atom is 0.337 e. The SMILES string of the molecule is COC(=O)c1ccc(CNS(=O)(=O)C(C)c2cccc(CN3CCNCC3)c2)c(F)c1.Cl. The molecule has 1 heterocycles. The number of ether oxygens (including phenoxy) is 1. The predicted octanol–water partition coefficient (Wildman–Crippen LogP) is 2.62. The second-order valence-electron chi connectivity index (χ2n) is 7.58. The van der Waals surface area contributed by atoms with Crippen molar-refractivity contribution < 1.29 is 22.3 Å². The minimum atomic E-state index is -3.74. The summed E-state index contributed by atoms with van der Waals surface area (Å²) < 4.78 is 46.9. The number of carbonyl (C=O) groups is 1. The summed E-state index contributed by atoms with van der Waals surface area (Å²) in [5.41, 5.74) is 1.96. The summed E-state index contributed by atoms with van der Waals surface area (Å²) in [5, 5.41) is 2.52. The van der Waals surface area contributed by atoms with Gasteiger partial charge in [-0.05, 0) is 30.2 Å². The van der Waals surface area contributed by atoms with Crippen LogP contribution in [0.15, 0.2) is 42.5 Å². The van der Waals surface area contributed by atoms with E-state index in [2.05, 4.69) is 19.7 Å². The number of hydrogen-bond acceptors (Lipinski definition) is 6. The average Bonchev–Trinajstić information content (AvgIpc) is 2.78. The van der Waals surface area contributed by atoms with Crippen molar-refractivity contribution in [3.63, 3.8) is 0 Å². The Morgan fingerprint density at radius 2 is 1.94 bits per heavy atom. The Morgan fingerprint density at radius 1 is 1.22 bits per heavy atom. The van der Waals surface area contributed by atoms with Gasteiger partial charge in [-0.2, -0.15) is 0 Å². The van der Waals surface area contributed by atoms with E-state index in [4.69, 9.17) is 0 Å². The molecule has 1 aliphatic rings. The molecule has 0 saturated carbocycles. The first kappa shape index (κ1) is 26.2. The lowest BCUT2D eigenvalue weighted by Crippen LogP contribution is -2.42. The van der Waals surface area contributed by atoms with Crippen LogP contribution >= 0.6 is 12.4 Å². The van der Waals surface area contributed by atoms with E-state index in [0.717, 1.165) is 44.4 Å². The number of benzene rings is 2.